The molecule has 1 aromatic heterocycles. The number of aromatic amines is 1. The van der Waals surface area contributed by atoms with Crippen LogP contribution in [-0.2, 0) is 12.8 Å². The second kappa shape index (κ2) is 2.11. The van der Waals surface area contributed by atoms with Crippen molar-refractivity contribution in [3.63, 3.8) is 0 Å². The van der Waals surface area contributed by atoms with Crippen LogP contribution in [-0.4, -0.2) is 9.97 Å². The predicted molar refractivity (Wildman–Crippen MR) is 38.6 cm³/mol. The van der Waals surface area contributed by atoms with Gasteiger partial charge in [-0.2, -0.15) is 0 Å². The van der Waals surface area contributed by atoms with Gasteiger partial charge < -0.3 is 4.98 Å². The molecule has 0 atom stereocenters. The van der Waals surface area contributed by atoms with Gasteiger partial charge in [0.25, 0.3) is 0 Å². The maximum atomic E-state index is 4.36. The summed E-state index contributed by atoms with van der Waals surface area (Å²) in [6.45, 7) is 2.00. The molecule has 0 amide bonds. The van der Waals surface area contributed by atoms with Gasteiger partial charge in [-0.15, -0.1) is 0 Å². The second-order valence-corrected chi connectivity index (χ2v) is 2.67. The van der Waals surface area contributed by atoms with E-state index in [4.69, 9.17) is 0 Å². The first-order valence-electron chi connectivity index (χ1n) is 3.61. The van der Waals surface area contributed by atoms with Crippen LogP contribution in [0.2, 0.25) is 0 Å². The van der Waals surface area contributed by atoms with E-state index in [1.165, 1.54) is 11.4 Å². The molecule has 0 bridgehead atoms. The molecule has 1 heterocycles. The SMILES string of the molecule is Cc1nc2c([nH]1)C[C]CC2. The highest BCUT2D eigenvalue weighted by Crippen LogP contribution is 2.17. The average Bonchev–Trinajstić information content (AvgIpc) is 2.27. The molecular weight excluding hydrogens is 124 g/mol. The minimum atomic E-state index is 0.955. The lowest BCUT2D eigenvalue weighted by Crippen LogP contribution is -2.01. The molecule has 2 heteroatoms. The molecule has 2 radical (unpaired) electrons. The van der Waals surface area contributed by atoms with E-state index in [9.17, 15) is 0 Å². The standard InChI is InChI=1S/C8H10N2/c1-6-9-7-4-2-3-5-8(7)10-6/h2,4-5H2,1H3,(H,9,10). The number of imidazole rings is 1. The normalized spacial score (nSPS) is 16.9. The Morgan fingerprint density at radius 2 is 2.50 bits per heavy atom. The number of H-pyrrole nitrogens is 1. The van der Waals surface area contributed by atoms with E-state index in [1.54, 1.807) is 0 Å². The van der Waals surface area contributed by atoms with E-state index >= 15 is 0 Å². The molecule has 1 aromatic rings. The van der Waals surface area contributed by atoms with Gasteiger partial charge in [-0.25, -0.2) is 4.98 Å². The molecule has 0 saturated carbocycles. The van der Waals surface area contributed by atoms with Gasteiger partial charge in [-0.3, -0.25) is 0 Å². The number of fused-ring (bicyclic) bond motifs is 1. The van der Waals surface area contributed by atoms with Gasteiger partial charge >= 0.3 is 0 Å². The number of aromatic nitrogens is 2. The van der Waals surface area contributed by atoms with E-state index in [0.29, 0.717) is 0 Å². The monoisotopic (exact) mass is 134 g/mol. The summed E-state index contributed by atoms with van der Waals surface area (Å²) in [5.74, 6) is 1.04. The molecule has 0 aromatic carbocycles. The molecule has 2 rings (SSSR count). The molecule has 0 aliphatic heterocycles. The summed E-state index contributed by atoms with van der Waals surface area (Å²) in [5, 5.41) is 0. The third kappa shape index (κ3) is 0.838. The number of nitrogens with zero attached hydrogens (tertiary/aromatic N) is 1. The fourth-order valence-electron chi connectivity index (χ4n) is 1.36. The van der Waals surface area contributed by atoms with Crippen molar-refractivity contribution in [2.24, 2.45) is 0 Å². The maximum Gasteiger partial charge on any atom is 0.103 e. The first kappa shape index (κ1) is 5.96. The Balaban J connectivity index is 2.41. The minimum absolute atomic E-state index is 0.955. The summed E-state index contributed by atoms with van der Waals surface area (Å²) in [5.41, 5.74) is 2.51. The summed E-state index contributed by atoms with van der Waals surface area (Å²) in [4.78, 5) is 7.58. The third-order valence-electron chi connectivity index (χ3n) is 1.82. The van der Waals surface area contributed by atoms with Crippen LogP contribution in [0.25, 0.3) is 0 Å². The maximum absolute atomic E-state index is 4.36. The predicted octanol–water partition coefficient (Wildman–Crippen LogP) is 1.29. The molecule has 0 saturated heterocycles. The number of hydrogen-bond donors (Lipinski definition) is 1. The van der Waals surface area contributed by atoms with Crippen LogP contribution in [0.5, 0.6) is 0 Å². The van der Waals surface area contributed by atoms with Crippen LogP contribution < -0.4 is 0 Å². The molecule has 52 valence electrons. The van der Waals surface area contributed by atoms with Gasteiger partial charge in [0.05, 0.1) is 5.69 Å². The van der Waals surface area contributed by atoms with Crippen molar-refractivity contribution in [3.05, 3.63) is 23.6 Å². The fraction of sp³-hybridized carbons (Fsp3) is 0.500. The van der Waals surface area contributed by atoms with Crippen molar-refractivity contribution in [3.8, 4) is 0 Å². The van der Waals surface area contributed by atoms with Gasteiger partial charge in [-0.1, -0.05) is 0 Å². The van der Waals surface area contributed by atoms with Crippen molar-refractivity contribution in [2.45, 2.75) is 26.2 Å². The summed E-state index contributed by atoms with van der Waals surface area (Å²) in [6, 6.07) is 0. The molecule has 1 aliphatic carbocycles. The highest BCUT2D eigenvalue weighted by Gasteiger charge is 2.12. The van der Waals surface area contributed by atoms with E-state index in [-0.39, 0.29) is 0 Å². The Hall–Kier alpha value is -0.790. The Morgan fingerprint density at radius 1 is 1.60 bits per heavy atom. The van der Waals surface area contributed by atoms with Crippen LogP contribution >= 0.6 is 0 Å². The van der Waals surface area contributed by atoms with Gasteiger partial charge in [0.2, 0.25) is 0 Å². The number of nitrogens with one attached hydrogen (secondary N) is 1. The molecule has 2 nitrogen and oxygen atoms in total. The summed E-state index contributed by atoms with van der Waals surface area (Å²) in [7, 11) is 0. The second-order valence-electron chi connectivity index (χ2n) is 2.67. The average molecular weight is 134 g/mol. The molecule has 0 unspecified atom stereocenters. The molecule has 0 fully saturated rings. The summed E-state index contributed by atoms with van der Waals surface area (Å²) in [6.07, 6.45) is 6.37. The van der Waals surface area contributed by atoms with Gasteiger partial charge in [0.1, 0.15) is 5.82 Å². The zero-order valence-electron chi connectivity index (χ0n) is 6.07. The van der Waals surface area contributed by atoms with E-state index in [0.717, 1.165) is 25.1 Å². The van der Waals surface area contributed by atoms with Gasteiger partial charge in [0, 0.05) is 5.69 Å². The van der Waals surface area contributed by atoms with Crippen LogP contribution in [0.15, 0.2) is 0 Å². The van der Waals surface area contributed by atoms with E-state index < -0.39 is 0 Å². The van der Waals surface area contributed by atoms with E-state index in [1.807, 2.05) is 6.92 Å². The molecule has 1 aliphatic rings. The van der Waals surface area contributed by atoms with Gasteiger partial charge in [0.15, 0.2) is 0 Å². The lowest BCUT2D eigenvalue weighted by molar-refractivity contribution is 0.799. The fourth-order valence-corrected chi connectivity index (χ4v) is 1.36. The smallest absolute Gasteiger partial charge is 0.103 e. The highest BCUT2D eigenvalue weighted by molar-refractivity contribution is 5.19. The largest absolute Gasteiger partial charge is 0.346 e. The highest BCUT2D eigenvalue weighted by atomic mass is 14.9. The van der Waals surface area contributed by atoms with Crippen molar-refractivity contribution >= 4 is 0 Å². The first-order valence-corrected chi connectivity index (χ1v) is 3.61. The third-order valence-corrected chi connectivity index (χ3v) is 1.82. The molecule has 0 spiro atoms. The number of rotatable bonds is 0. The van der Waals surface area contributed by atoms with Crippen molar-refractivity contribution in [1.82, 2.24) is 9.97 Å². The van der Waals surface area contributed by atoms with Crippen molar-refractivity contribution in [1.29, 1.82) is 0 Å². The Labute approximate surface area is 60.7 Å². The van der Waals surface area contributed by atoms with Crippen molar-refractivity contribution in [2.75, 3.05) is 0 Å². The molecule has 1 N–H and O–H groups in total. The quantitative estimate of drug-likeness (QED) is 0.569. The first-order chi connectivity index (χ1) is 4.86. The minimum Gasteiger partial charge on any atom is -0.346 e. The summed E-state index contributed by atoms with van der Waals surface area (Å²) >= 11 is 0. The molecular formula is C8H10N2. The Bertz CT molecular complexity index is 214. The zero-order valence-corrected chi connectivity index (χ0v) is 6.07. The lowest BCUT2D eigenvalue weighted by atomic mass is 10.0. The van der Waals surface area contributed by atoms with Crippen molar-refractivity contribution < 1.29 is 0 Å². The number of aryl methyl sites for hydroxylation is 2. The van der Waals surface area contributed by atoms with Crippen LogP contribution in [0.4, 0.5) is 0 Å². The number of hydrogen-bond acceptors (Lipinski definition) is 1. The Morgan fingerprint density at radius 3 is 3.30 bits per heavy atom. The topological polar surface area (TPSA) is 28.7 Å². The van der Waals surface area contributed by atoms with E-state index in [2.05, 4.69) is 16.4 Å². The Kier molecular flexibility index (Phi) is 1.26. The van der Waals surface area contributed by atoms with Gasteiger partial charge in [-0.05, 0) is 32.6 Å². The molecule has 10 heavy (non-hydrogen) atoms. The lowest BCUT2D eigenvalue weighted by Gasteiger charge is -2.06. The zero-order chi connectivity index (χ0) is 6.97. The summed E-state index contributed by atoms with van der Waals surface area (Å²) < 4.78 is 0. The van der Waals surface area contributed by atoms with Crippen LogP contribution in [0.1, 0.15) is 23.6 Å². The van der Waals surface area contributed by atoms with Crippen LogP contribution in [0, 0.1) is 13.3 Å². The van der Waals surface area contributed by atoms with Crippen LogP contribution in [0.3, 0.4) is 0 Å².